The number of fused-ring (bicyclic) bond motifs is 3. The molecule has 1 aromatic carbocycles. The lowest BCUT2D eigenvalue weighted by atomic mass is 9.91. The van der Waals surface area contributed by atoms with Crippen LogP contribution < -0.4 is 14.2 Å². The third kappa shape index (κ3) is 1.38. The van der Waals surface area contributed by atoms with Crippen molar-refractivity contribution >= 4 is 0 Å². The highest BCUT2D eigenvalue weighted by Crippen LogP contribution is 2.53. The topological polar surface area (TPSA) is 47.9 Å². The zero-order chi connectivity index (χ0) is 12.7. The second-order valence-corrected chi connectivity index (χ2v) is 4.25. The molecule has 1 aliphatic heterocycles. The summed E-state index contributed by atoms with van der Waals surface area (Å²) in [6.07, 6.45) is 7.93. The average Bonchev–Trinajstić information content (AvgIpc) is 2.76. The highest BCUT2D eigenvalue weighted by atomic mass is 16.5. The number of hydrogen-bond acceptors (Lipinski definition) is 4. The van der Waals surface area contributed by atoms with E-state index in [2.05, 4.69) is 0 Å². The van der Waals surface area contributed by atoms with Crippen LogP contribution in [0.2, 0.25) is 0 Å². The van der Waals surface area contributed by atoms with Crippen molar-refractivity contribution in [2.45, 2.75) is 12.0 Å². The van der Waals surface area contributed by atoms with E-state index in [0.717, 1.165) is 5.56 Å². The second kappa shape index (κ2) is 3.98. The Balaban J connectivity index is 2.19. The molecule has 4 heteroatoms. The van der Waals surface area contributed by atoms with Gasteiger partial charge in [0, 0.05) is 6.07 Å². The number of phenolic OH excluding ortho intramolecular Hbond substituents is 1. The molecule has 0 amide bonds. The molecule has 4 nitrogen and oxygen atoms in total. The van der Waals surface area contributed by atoms with E-state index in [-0.39, 0.29) is 17.8 Å². The van der Waals surface area contributed by atoms with Gasteiger partial charge in [0.2, 0.25) is 5.75 Å². The fraction of sp³-hybridized carbons (Fsp3) is 0.286. The van der Waals surface area contributed by atoms with Crippen LogP contribution in [0.25, 0.3) is 0 Å². The first-order chi connectivity index (χ1) is 8.76. The number of methoxy groups -OCH3 is 2. The van der Waals surface area contributed by atoms with E-state index in [1.165, 1.54) is 14.2 Å². The lowest BCUT2D eigenvalue weighted by molar-refractivity contribution is 0.267. The number of allylic oxidation sites excluding steroid dienone is 2. The molecule has 1 N–H and O–H groups in total. The smallest absolute Gasteiger partial charge is 0.201 e. The zero-order valence-corrected chi connectivity index (χ0v) is 10.2. The summed E-state index contributed by atoms with van der Waals surface area (Å²) >= 11 is 0. The minimum atomic E-state index is -0.0367. The summed E-state index contributed by atoms with van der Waals surface area (Å²) in [5.41, 5.74) is 0.876. The summed E-state index contributed by atoms with van der Waals surface area (Å²) in [7, 11) is 3.03. The van der Waals surface area contributed by atoms with Gasteiger partial charge in [-0.2, -0.15) is 0 Å². The summed E-state index contributed by atoms with van der Waals surface area (Å²) in [6, 6.07) is 1.70. The van der Waals surface area contributed by atoms with Gasteiger partial charge in [0.1, 0.15) is 11.9 Å². The van der Waals surface area contributed by atoms with Gasteiger partial charge in [-0.15, -0.1) is 0 Å². The van der Waals surface area contributed by atoms with Crippen LogP contribution in [0.1, 0.15) is 11.5 Å². The predicted molar refractivity (Wildman–Crippen MR) is 66.6 cm³/mol. The molecule has 0 aromatic heterocycles. The normalized spacial score (nSPS) is 23.2. The summed E-state index contributed by atoms with van der Waals surface area (Å²) < 4.78 is 16.3. The Morgan fingerprint density at radius 1 is 1.17 bits per heavy atom. The van der Waals surface area contributed by atoms with Gasteiger partial charge in [0.15, 0.2) is 11.5 Å². The maximum Gasteiger partial charge on any atom is 0.201 e. The molecule has 0 unspecified atom stereocenters. The maximum absolute atomic E-state index is 10.1. The van der Waals surface area contributed by atoms with Gasteiger partial charge < -0.3 is 19.3 Å². The fourth-order valence-electron chi connectivity index (χ4n) is 2.50. The van der Waals surface area contributed by atoms with Gasteiger partial charge in [-0.1, -0.05) is 18.2 Å². The van der Waals surface area contributed by atoms with Crippen molar-refractivity contribution in [2.75, 3.05) is 14.2 Å². The van der Waals surface area contributed by atoms with Crippen molar-refractivity contribution in [2.24, 2.45) is 0 Å². The van der Waals surface area contributed by atoms with Gasteiger partial charge in [-0.3, -0.25) is 0 Å². The van der Waals surface area contributed by atoms with Crippen LogP contribution in [-0.4, -0.2) is 25.4 Å². The molecule has 94 valence electrons. The van der Waals surface area contributed by atoms with E-state index in [1.54, 1.807) is 6.07 Å². The molecule has 0 fully saturated rings. The number of ether oxygens (including phenoxy) is 3. The van der Waals surface area contributed by atoms with Crippen molar-refractivity contribution < 1.29 is 19.3 Å². The molecule has 1 heterocycles. The first-order valence-electron chi connectivity index (χ1n) is 5.75. The van der Waals surface area contributed by atoms with E-state index < -0.39 is 0 Å². The molecule has 1 aliphatic carbocycles. The van der Waals surface area contributed by atoms with Crippen LogP contribution in [0, 0.1) is 0 Å². The minimum Gasteiger partial charge on any atom is -0.502 e. The molecule has 0 radical (unpaired) electrons. The van der Waals surface area contributed by atoms with Crippen LogP contribution >= 0.6 is 0 Å². The number of rotatable bonds is 2. The van der Waals surface area contributed by atoms with E-state index in [9.17, 15) is 5.11 Å². The SMILES string of the molecule is COc1cc2c(c(OC)c1O)[C@@H]1C=CC=C[C@@H]1O2. The standard InChI is InChI=1S/C14H14O4/c1-16-11-7-10-12(14(17-2)13(11)15)8-5-3-4-6-9(8)18-10/h3-9,15H,1-2H3/t8-,9+/m1/s1. The van der Waals surface area contributed by atoms with E-state index in [0.29, 0.717) is 17.2 Å². The van der Waals surface area contributed by atoms with E-state index >= 15 is 0 Å². The van der Waals surface area contributed by atoms with Gasteiger partial charge in [-0.05, 0) is 6.08 Å². The summed E-state index contributed by atoms with van der Waals surface area (Å²) in [5.74, 6) is 1.59. The van der Waals surface area contributed by atoms with Crippen LogP contribution in [0.4, 0.5) is 0 Å². The monoisotopic (exact) mass is 246 g/mol. The fourth-order valence-corrected chi connectivity index (χ4v) is 2.50. The summed E-state index contributed by atoms with van der Waals surface area (Å²) in [6.45, 7) is 0. The third-order valence-corrected chi connectivity index (χ3v) is 3.33. The average molecular weight is 246 g/mol. The van der Waals surface area contributed by atoms with Gasteiger partial charge >= 0.3 is 0 Å². The highest BCUT2D eigenvalue weighted by molar-refractivity contribution is 5.65. The Labute approximate surface area is 105 Å². The lowest BCUT2D eigenvalue weighted by Gasteiger charge is -2.16. The van der Waals surface area contributed by atoms with Gasteiger partial charge in [0.25, 0.3) is 0 Å². The lowest BCUT2D eigenvalue weighted by Crippen LogP contribution is -2.15. The first-order valence-corrected chi connectivity index (χ1v) is 5.75. The van der Waals surface area contributed by atoms with Crippen molar-refractivity contribution in [3.8, 4) is 23.0 Å². The van der Waals surface area contributed by atoms with Gasteiger partial charge in [0.05, 0.1) is 25.7 Å². The van der Waals surface area contributed by atoms with Crippen molar-refractivity contribution in [1.29, 1.82) is 0 Å². The molecule has 3 rings (SSSR count). The van der Waals surface area contributed by atoms with Crippen LogP contribution in [0.15, 0.2) is 30.4 Å². The molecule has 0 saturated heterocycles. The minimum absolute atomic E-state index is 0.0194. The van der Waals surface area contributed by atoms with Crippen LogP contribution in [0.3, 0.4) is 0 Å². The summed E-state index contributed by atoms with van der Waals surface area (Å²) in [5, 5.41) is 10.1. The van der Waals surface area contributed by atoms with Crippen molar-refractivity contribution in [3.63, 3.8) is 0 Å². The van der Waals surface area contributed by atoms with E-state index in [1.807, 2.05) is 24.3 Å². The molecule has 0 spiro atoms. The Kier molecular flexibility index (Phi) is 2.44. The molecule has 2 aliphatic rings. The molecule has 1 aromatic rings. The van der Waals surface area contributed by atoms with E-state index in [4.69, 9.17) is 14.2 Å². The maximum atomic E-state index is 10.1. The first kappa shape index (κ1) is 11.0. The number of benzene rings is 1. The number of aromatic hydroxyl groups is 1. The Morgan fingerprint density at radius 3 is 2.67 bits per heavy atom. The van der Waals surface area contributed by atoms with Crippen LogP contribution in [-0.2, 0) is 0 Å². The number of phenols is 1. The zero-order valence-electron chi connectivity index (χ0n) is 10.2. The largest absolute Gasteiger partial charge is 0.502 e. The Bertz CT molecular complexity index is 545. The molecule has 0 bridgehead atoms. The van der Waals surface area contributed by atoms with Crippen molar-refractivity contribution in [3.05, 3.63) is 35.9 Å². The number of hydrogen-bond donors (Lipinski definition) is 1. The second-order valence-electron chi connectivity index (χ2n) is 4.25. The van der Waals surface area contributed by atoms with Crippen molar-refractivity contribution in [1.82, 2.24) is 0 Å². The molecular weight excluding hydrogens is 232 g/mol. The molecular formula is C14H14O4. The Hall–Kier alpha value is -2.10. The highest BCUT2D eigenvalue weighted by Gasteiger charge is 2.37. The summed E-state index contributed by atoms with van der Waals surface area (Å²) in [4.78, 5) is 0. The molecule has 2 atom stereocenters. The predicted octanol–water partition coefficient (Wildman–Crippen LogP) is 2.38. The Morgan fingerprint density at radius 2 is 1.94 bits per heavy atom. The van der Waals surface area contributed by atoms with Gasteiger partial charge in [-0.25, -0.2) is 0 Å². The third-order valence-electron chi connectivity index (χ3n) is 3.33. The molecule has 18 heavy (non-hydrogen) atoms. The quantitative estimate of drug-likeness (QED) is 0.870. The molecule has 0 saturated carbocycles. The van der Waals surface area contributed by atoms with Crippen LogP contribution in [0.5, 0.6) is 23.0 Å².